The first-order valence-corrected chi connectivity index (χ1v) is 13.4. The van der Waals surface area contributed by atoms with E-state index >= 15 is 0 Å². The Morgan fingerprint density at radius 3 is 2.39 bits per heavy atom. The zero-order valence-corrected chi connectivity index (χ0v) is 20.9. The molecule has 0 aliphatic heterocycles. The van der Waals surface area contributed by atoms with Crippen LogP contribution >= 0.6 is 0 Å². The molecule has 0 bridgehead atoms. The number of nitrogens with one attached hydrogen (secondary N) is 1. The van der Waals surface area contributed by atoms with E-state index < -0.39 is 39.3 Å². The molecule has 1 aliphatic carbocycles. The molecule has 1 atom stereocenters. The van der Waals surface area contributed by atoms with Crippen LogP contribution in [0.5, 0.6) is 0 Å². The number of halogens is 1. The number of nitro groups is 1. The Labute approximate surface area is 209 Å². The third kappa shape index (κ3) is 7.00. The first-order chi connectivity index (χ1) is 17.0. The number of nitro benzene ring substituents is 1. The van der Waals surface area contributed by atoms with Crippen LogP contribution < -0.4 is 9.62 Å². The molecule has 0 spiro atoms. The van der Waals surface area contributed by atoms with E-state index in [1.807, 2.05) is 0 Å². The SMILES string of the molecule is CC(C(=O)NC1CCCC1)N(Cc1ccc(F)cc1)C(=O)CN(c1cccc([N+](=O)[O-])c1)S(C)(=O)=O. The van der Waals surface area contributed by atoms with Crippen molar-refractivity contribution in [1.29, 1.82) is 0 Å². The summed E-state index contributed by atoms with van der Waals surface area (Å²) < 4.78 is 39.3. The van der Waals surface area contributed by atoms with Crippen LogP contribution in [-0.2, 0) is 26.2 Å². The lowest BCUT2D eigenvalue weighted by Crippen LogP contribution is -2.52. The Morgan fingerprint density at radius 2 is 1.81 bits per heavy atom. The number of carbonyl (C=O) groups is 2. The normalized spacial score (nSPS) is 14.8. The summed E-state index contributed by atoms with van der Waals surface area (Å²) in [5, 5.41) is 14.1. The minimum absolute atomic E-state index is 0.0140. The summed E-state index contributed by atoms with van der Waals surface area (Å²) >= 11 is 0. The largest absolute Gasteiger partial charge is 0.352 e. The summed E-state index contributed by atoms with van der Waals surface area (Å²) in [4.78, 5) is 38.2. The summed E-state index contributed by atoms with van der Waals surface area (Å²) in [7, 11) is -4.02. The molecule has 36 heavy (non-hydrogen) atoms. The fourth-order valence-electron chi connectivity index (χ4n) is 4.14. The van der Waals surface area contributed by atoms with Crippen molar-refractivity contribution in [2.24, 2.45) is 0 Å². The maximum Gasteiger partial charge on any atom is 0.271 e. The molecule has 10 nitrogen and oxygen atoms in total. The molecule has 2 aromatic rings. The van der Waals surface area contributed by atoms with Gasteiger partial charge in [0.2, 0.25) is 21.8 Å². The standard InChI is InChI=1S/C24H29FN4O6S/c1-17(24(31)26-20-6-3-4-7-20)27(15-18-10-12-19(25)13-11-18)23(30)16-28(36(2,34)35)21-8-5-9-22(14-21)29(32)33/h5,8-14,17,20H,3-4,6-7,15-16H2,1-2H3,(H,26,31). The second-order valence-electron chi connectivity index (χ2n) is 8.86. The van der Waals surface area contributed by atoms with E-state index in [0.717, 1.165) is 42.3 Å². The first-order valence-electron chi connectivity index (χ1n) is 11.5. The number of carbonyl (C=O) groups excluding carboxylic acids is 2. The van der Waals surface area contributed by atoms with Crippen molar-refractivity contribution in [3.8, 4) is 0 Å². The summed E-state index contributed by atoms with van der Waals surface area (Å²) in [6.45, 7) is 0.803. The van der Waals surface area contributed by atoms with Crippen molar-refractivity contribution in [1.82, 2.24) is 10.2 Å². The van der Waals surface area contributed by atoms with Crippen LogP contribution in [0.4, 0.5) is 15.8 Å². The van der Waals surface area contributed by atoms with Crippen LogP contribution in [0.2, 0.25) is 0 Å². The van der Waals surface area contributed by atoms with Gasteiger partial charge in [0.1, 0.15) is 18.4 Å². The van der Waals surface area contributed by atoms with E-state index in [4.69, 9.17) is 0 Å². The predicted octanol–water partition coefficient (Wildman–Crippen LogP) is 2.98. The van der Waals surface area contributed by atoms with Gasteiger partial charge in [-0.15, -0.1) is 0 Å². The van der Waals surface area contributed by atoms with Crippen molar-refractivity contribution in [3.05, 3.63) is 70.0 Å². The molecule has 194 valence electrons. The fourth-order valence-corrected chi connectivity index (χ4v) is 4.98. The molecule has 12 heteroatoms. The molecular weight excluding hydrogens is 491 g/mol. The Morgan fingerprint density at radius 1 is 1.17 bits per heavy atom. The maximum absolute atomic E-state index is 13.5. The van der Waals surface area contributed by atoms with E-state index in [9.17, 15) is 32.5 Å². The van der Waals surface area contributed by atoms with Crippen molar-refractivity contribution in [2.45, 2.75) is 51.2 Å². The lowest BCUT2D eigenvalue weighted by atomic mass is 10.1. The van der Waals surface area contributed by atoms with Crippen molar-refractivity contribution < 1.29 is 27.3 Å². The number of hydrogen-bond acceptors (Lipinski definition) is 6. The number of rotatable bonds is 10. The molecule has 1 fully saturated rings. The van der Waals surface area contributed by atoms with Crippen LogP contribution in [0.15, 0.2) is 48.5 Å². The highest BCUT2D eigenvalue weighted by molar-refractivity contribution is 7.92. The Kier molecular flexibility index (Phi) is 8.62. The molecule has 1 N–H and O–H groups in total. The molecule has 0 heterocycles. The molecule has 3 rings (SSSR count). The molecule has 0 aromatic heterocycles. The highest BCUT2D eigenvalue weighted by atomic mass is 32.2. The van der Waals surface area contributed by atoms with Crippen LogP contribution in [0, 0.1) is 15.9 Å². The van der Waals surface area contributed by atoms with Gasteiger partial charge in [0.05, 0.1) is 16.9 Å². The van der Waals surface area contributed by atoms with Crippen LogP contribution in [-0.4, -0.2) is 54.9 Å². The van der Waals surface area contributed by atoms with Gasteiger partial charge < -0.3 is 10.2 Å². The van der Waals surface area contributed by atoms with Crippen LogP contribution in [0.1, 0.15) is 38.2 Å². The van der Waals surface area contributed by atoms with E-state index in [1.54, 1.807) is 6.92 Å². The molecule has 1 aliphatic rings. The van der Waals surface area contributed by atoms with E-state index in [0.29, 0.717) is 5.56 Å². The van der Waals surface area contributed by atoms with E-state index in [2.05, 4.69) is 5.32 Å². The average Bonchev–Trinajstić information content (AvgIpc) is 3.34. The topological polar surface area (TPSA) is 130 Å². The molecule has 2 aromatic carbocycles. The van der Waals surface area contributed by atoms with Gasteiger partial charge in [-0.25, -0.2) is 12.8 Å². The number of amides is 2. The minimum atomic E-state index is -4.02. The summed E-state index contributed by atoms with van der Waals surface area (Å²) in [5.41, 5.74) is 0.164. The van der Waals surface area contributed by atoms with Gasteiger partial charge in [-0.1, -0.05) is 31.0 Å². The highest BCUT2D eigenvalue weighted by Crippen LogP contribution is 2.24. The number of non-ortho nitro benzene ring substituents is 1. The van der Waals surface area contributed by atoms with Crippen molar-refractivity contribution in [3.63, 3.8) is 0 Å². The number of hydrogen-bond donors (Lipinski definition) is 1. The second kappa shape index (κ2) is 11.5. The maximum atomic E-state index is 13.5. The van der Waals surface area contributed by atoms with Gasteiger partial charge in [0, 0.05) is 24.7 Å². The first kappa shape index (κ1) is 27.1. The van der Waals surface area contributed by atoms with Crippen molar-refractivity contribution in [2.75, 3.05) is 17.1 Å². The minimum Gasteiger partial charge on any atom is -0.352 e. The predicted molar refractivity (Wildman–Crippen MR) is 132 cm³/mol. The van der Waals surface area contributed by atoms with Gasteiger partial charge in [-0.05, 0) is 43.5 Å². The van der Waals surface area contributed by atoms with Gasteiger partial charge >= 0.3 is 0 Å². The molecule has 1 unspecified atom stereocenters. The summed E-state index contributed by atoms with van der Waals surface area (Å²) in [6, 6.07) is 9.43. The Balaban J connectivity index is 1.90. The number of benzene rings is 2. The third-order valence-electron chi connectivity index (χ3n) is 6.14. The summed E-state index contributed by atoms with van der Waals surface area (Å²) in [5.74, 6) is -1.53. The fraction of sp³-hybridized carbons (Fsp3) is 0.417. The number of anilines is 1. The average molecular weight is 521 g/mol. The van der Waals surface area contributed by atoms with Gasteiger partial charge in [-0.3, -0.25) is 24.0 Å². The Bertz CT molecular complexity index is 1220. The number of nitrogens with zero attached hydrogens (tertiary/aromatic N) is 3. The molecule has 0 saturated heterocycles. The molecule has 1 saturated carbocycles. The van der Waals surface area contributed by atoms with E-state index in [1.165, 1.54) is 47.4 Å². The zero-order chi connectivity index (χ0) is 26.5. The second-order valence-corrected chi connectivity index (χ2v) is 10.8. The number of sulfonamides is 1. The smallest absolute Gasteiger partial charge is 0.271 e. The monoisotopic (exact) mass is 520 g/mol. The van der Waals surface area contributed by atoms with Gasteiger partial charge in [0.15, 0.2) is 0 Å². The molecule has 0 radical (unpaired) electrons. The lowest BCUT2D eigenvalue weighted by Gasteiger charge is -2.32. The van der Waals surface area contributed by atoms with Crippen LogP contribution in [0.25, 0.3) is 0 Å². The highest BCUT2D eigenvalue weighted by Gasteiger charge is 2.31. The zero-order valence-electron chi connectivity index (χ0n) is 20.1. The quantitative estimate of drug-likeness (QED) is 0.379. The van der Waals surface area contributed by atoms with Crippen LogP contribution in [0.3, 0.4) is 0 Å². The third-order valence-corrected chi connectivity index (χ3v) is 7.28. The van der Waals surface area contributed by atoms with E-state index in [-0.39, 0.29) is 29.9 Å². The molecule has 2 amide bonds. The van der Waals surface area contributed by atoms with Crippen molar-refractivity contribution >= 4 is 33.2 Å². The summed E-state index contributed by atoms with van der Waals surface area (Å²) in [6.07, 6.45) is 4.59. The van der Waals surface area contributed by atoms with Gasteiger partial charge in [-0.2, -0.15) is 0 Å². The van der Waals surface area contributed by atoms with Gasteiger partial charge in [0.25, 0.3) is 5.69 Å². The lowest BCUT2D eigenvalue weighted by molar-refractivity contribution is -0.384. The molecular formula is C24H29FN4O6S. The Hall–Kier alpha value is -3.54.